The van der Waals surface area contributed by atoms with Crippen molar-refractivity contribution in [3.63, 3.8) is 0 Å². The first kappa shape index (κ1) is 56.1. The topological polar surface area (TPSA) is 111 Å². The van der Waals surface area contributed by atoms with Crippen LogP contribution in [0.5, 0.6) is 0 Å². The van der Waals surface area contributed by atoms with E-state index < -0.39 is 0 Å². The molecular formula is C40H67B6O12Y. The van der Waals surface area contributed by atoms with Gasteiger partial charge in [-0.25, -0.2) is 0 Å². The molecular weight excluding hydrogens is 826 g/mol. The van der Waals surface area contributed by atoms with Crippen molar-refractivity contribution in [1.82, 2.24) is 0 Å². The fraction of sp³-hybridized carbons (Fsp3) is 0.925. The fourth-order valence-electron chi connectivity index (χ4n) is 8.59. The molecule has 0 spiro atoms. The Hall–Kier alpha value is 1.01. The SMILES string of the molecule is [B][C@@H]1O[C@H](COC)[C@H](CCC2C[C@H]([B])O[C@@H]2COC)C1CCC1C[C@H]([B])O[C@@H]1COC.[B][C@@H]1O[C@H]([CH2-])CC1OC.[B][C@H]1C[CH-][C@@H](COC)O1.[B][C@H]1C[CH-][C@@H](COC)O1.[Y+3]. The average molecular weight is 894 g/mol. The van der Waals surface area contributed by atoms with E-state index in [1.807, 2.05) is 12.8 Å². The van der Waals surface area contributed by atoms with Gasteiger partial charge in [-0.1, -0.05) is 6.10 Å². The van der Waals surface area contributed by atoms with E-state index in [1.54, 1.807) is 42.7 Å². The van der Waals surface area contributed by atoms with Gasteiger partial charge in [-0.15, -0.1) is 0 Å². The molecule has 0 aromatic rings. The Bertz CT molecular complexity index is 1050. The molecule has 0 amide bonds. The van der Waals surface area contributed by atoms with Gasteiger partial charge >= 0.3 is 32.7 Å². The normalized spacial score (nSPS) is 40.0. The molecule has 6 aliphatic heterocycles. The van der Waals surface area contributed by atoms with Crippen LogP contribution >= 0.6 is 0 Å². The summed E-state index contributed by atoms with van der Waals surface area (Å²) in [4.78, 5) is 0. The number of hydrogen-bond donors (Lipinski definition) is 0. The summed E-state index contributed by atoms with van der Waals surface area (Å²) in [5, 5.41) is 0. The average Bonchev–Trinajstić information content (AvgIpc) is 4.04. The number of ether oxygens (including phenoxy) is 12. The molecule has 6 fully saturated rings. The van der Waals surface area contributed by atoms with Crippen molar-refractivity contribution in [3.05, 3.63) is 19.8 Å². The molecule has 59 heavy (non-hydrogen) atoms. The molecule has 0 aromatic carbocycles. The number of methoxy groups -OCH3 is 6. The summed E-state index contributed by atoms with van der Waals surface area (Å²) in [7, 11) is 45.0. The van der Waals surface area contributed by atoms with Gasteiger partial charge in [0, 0.05) is 79.9 Å². The van der Waals surface area contributed by atoms with Crippen LogP contribution in [-0.4, -0.2) is 202 Å². The zero-order valence-corrected chi connectivity index (χ0v) is 39.4. The molecule has 17 atom stereocenters. The summed E-state index contributed by atoms with van der Waals surface area (Å²) in [5.74, 6) is 1.39. The van der Waals surface area contributed by atoms with E-state index in [-0.39, 0.29) is 117 Å². The van der Waals surface area contributed by atoms with Crippen LogP contribution in [0.1, 0.15) is 57.8 Å². The summed E-state index contributed by atoms with van der Waals surface area (Å²) in [6.07, 6.45) is 12.7. The molecule has 6 heterocycles. The maximum atomic E-state index is 6.45. The minimum absolute atomic E-state index is 0. The first-order chi connectivity index (χ1) is 27.8. The van der Waals surface area contributed by atoms with Gasteiger partial charge in [0.1, 0.15) is 47.1 Å². The Kier molecular flexibility index (Phi) is 29.5. The Morgan fingerprint density at radius 2 is 0.932 bits per heavy atom. The minimum Gasteiger partial charge on any atom is -0.417 e. The van der Waals surface area contributed by atoms with Crippen LogP contribution in [-0.2, 0) is 89.6 Å². The van der Waals surface area contributed by atoms with Crippen LogP contribution in [0, 0.1) is 43.4 Å². The summed E-state index contributed by atoms with van der Waals surface area (Å²) in [5.41, 5.74) is 0. The van der Waals surface area contributed by atoms with E-state index in [9.17, 15) is 0 Å². The van der Waals surface area contributed by atoms with Gasteiger partial charge in [-0.3, -0.25) is 12.8 Å². The maximum Gasteiger partial charge on any atom is 3.00 e. The molecule has 6 aliphatic rings. The van der Waals surface area contributed by atoms with Crippen molar-refractivity contribution in [2.45, 2.75) is 137 Å². The first-order valence-corrected chi connectivity index (χ1v) is 20.8. The Labute approximate surface area is 390 Å². The summed E-state index contributed by atoms with van der Waals surface area (Å²) in [6, 6.07) is -1.19. The molecule has 6 saturated heterocycles. The Morgan fingerprint density at radius 3 is 1.29 bits per heavy atom. The van der Waals surface area contributed by atoms with Gasteiger partial charge in [0.05, 0.1) is 44.2 Å². The zero-order valence-electron chi connectivity index (χ0n) is 36.5. The second-order valence-electron chi connectivity index (χ2n) is 15.9. The third kappa shape index (κ3) is 20.0. The van der Waals surface area contributed by atoms with Gasteiger partial charge in [-0.2, -0.15) is 12.8 Å². The van der Waals surface area contributed by atoms with E-state index in [2.05, 4.69) is 6.92 Å². The van der Waals surface area contributed by atoms with Crippen LogP contribution in [0.2, 0.25) is 0 Å². The second-order valence-corrected chi connectivity index (χ2v) is 15.9. The third-order valence-electron chi connectivity index (χ3n) is 11.5. The van der Waals surface area contributed by atoms with Crippen LogP contribution < -0.4 is 0 Å². The van der Waals surface area contributed by atoms with Crippen LogP contribution in [0.25, 0.3) is 0 Å². The van der Waals surface area contributed by atoms with E-state index >= 15 is 0 Å². The van der Waals surface area contributed by atoms with Gasteiger partial charge < -0.3 is 63.8 Å². The van der Waals surface area contributed by atoms with E-state index in [0.29, 0.717) is 50.8 Å². The molecule has 0 N–H and O–H groups in total. The minimum atomic E-state index is -0.280. The largest absolute Gasteiger partial charge is 3.00 e. The predicted octanol–water partition coefficient (Wildman–Crippen LogP) is 1.77. The van der Waals surface area contributed by atoms with Crippen LogP contribution in [0.3, 0.4) is 0 Å². The van der Waals surface area contributed by atoms with Crippen molar-refractivity contribution in [1.29, 1.82) is 0 Å². The fourth-order valence-corrected chi connectivity index (χ4v) is 8.59. The van der Waals surface area contributed by atoms with Crippen LogP contribution in [0.4, 0.5) is 0 Å². The monoisotopic (exact) mass is 894 g/mol. The van der Waals surface area contributed by atoms with E-state index in [1.165, 1.54) is 0 Å². The van der Waals surface area contributed by atoms with Crippen molar-refractivity contribution in [2.75, 3.05) is 75.7 Å². The predicted molar refractivity (Wildman–Crippen MR) is 226 cm³/mol. The molecule has 12 radical (unpaired) electrons. The summed E-state index contributed by atoms with van der Waals surface area (Å²) < 4.78 is 64.2. The van der Waals surface area contributed by atoms with Crippen molar-refractivity contribution in [2.24, 2.45) is 23.7 Å². The molecule has 0 aliphatic carbocycles. The summed E-state index contributed by atoms with van der Waals surface area (Å²) >= 11 is 0. The van der Waals surface area contributed by atoms with Crippen molar-refractivity contribution in [3.8, 4) is 0 Å². The molecule has 6 rings (SSSR count). The van der Waals surface area contributed by atoms with Gasteiger partial charge in [-0.05, 0) is 92.8 Å². The van der Waals surface area contributed by atoms with Crippen molar-refractivity contribution >= 4 is 47.1 Å². The van der Waals surface area contributed by atoms with E-state index in [4.69, 9.17) is 104 Å². The standard InChI is InChI=1S/C22H37B3O6.3C6H10BO2.Y/c1-26-10-17-13(8-20(23)29-17)4-6-15-16(22(25)31-19(15)12-28-3)7-5-14-9-21(24)30-18(14)11-27-2;1-4-3-5(8-2)6(7)9-4;2*1-8-4-5-2-3-6(7)9-5;/h13-22H,4-12H2,1-3H3;4-6H,1,3H2,2H3;2*2,5-6H,3-4H2,1H3;/q;3*-1;+3/t13?,14?,15-,16?,17-,18-,19-,20-,21-,22-;4-,5?,6-;2*5-,6+;/m1100./s1. The maximum absolute atomic E-state index is 6.45. The first-order valence-electron chi connectivity index (χ1n) is 20.8. The Morgan fingerprint density at radius 1 is 0.492 bits per heavy atom. The smallest absolute Gasteiger partial charge is 0.417 e. The number of hydrogen-bond acceptors (Lipinski definition) is 12. The molecule has 4 unspecified atom stereocenters. The Balaban J connectivity index is 0.000000344. The van der Waals surface area contributed by atoms with Crippen molar-refractivity contribution < 1.29 is 89.6 Å². The second kappa shape index (κ2) is 31.0. The molecule has 0 bridgehead atoms. The molecule has 0 aromatic heterocycles. The van der Waals surface area contributed by atoms with Gasteiger partial charge in [0.15, 0.2) is 0 Å². The quantitative estimate of drug-likeness (QED) is 0.157. The summed E-state index contributed by atoms with van der Waals surface area (Å²) in [6.45, 7) is 6.65. The zero-order chi connectivity index (χ0) is 42.6. The molecule has 19 heteroatoms. The van der Waals surface area contributed by atoms with Gasteiger partial charge in [0.2, 0.25) is 0 Å². The third-order valence-corrected chi connectivity index (χ3v) is 11.5. The van der Waals surface area contributed by atoms with Gasteiger partial charge in [0.25, 0.3) is 0 Å². The molecule has 320 valence electrons. The van der Waals surface area contributed by atoms with E-state index in [0.717, 1.165) is 57.8 Å². The molecule has 12 nitrogen and oxygen atoms in total. The number of rotatable bonds is 17. The van der Waals surface area contributed by atoms with Crippen LogP contribution in [0.15, 0.2) is 0 Å². The molecule has 0 saturated carbocycles.